The fraction of sp³-hybridized carbons (Fsp3) is 0.929. The normalized spacial score (nSPS) is 20.0. The van der Waals surface area contributed by atoms with Crippen LogP contribution >= 0.6 is 0 Å². The fourth-order valence-corrected chi connectivity index (χ4v) is 2.64. The van der Waals surface area contributed by atoms with Gasteiger partial charge in [0.05, 0.1) is 0 Å². The molecule has 0 aliphatic heterocycles. The highest BCUT2D eigenvalue weighted by atomic mass is 16.6. The van der Waals surface area contributed by atoms with Gasteiger partial charge in [0.2, 0.25) is 0 Å². The van der Waals surface area contributed by atoms with Crippen molar-refractivity contribution in [3.05, 3.63) is 0 Å². The molecule has 0 aromatic carbocycles. The number of rotatable bonds is 3. The molecular formula is C14H28N2O2. The molecule has 1 aliphatic rings. The van der Waals surface area contributed by atoms with Crippen LogP contribution in [-0.4, -0.2) is 23.8 Å². The lowest BCUT2D eigenvalue weighted by Crippen LogP contribution is -2.50. The summed E-state index contributed by atoms with van der Waals surface area (Å²) in [6, 6.07) is 0. The maximum absolute atomic E-state index is 11.9. The third-order valence-electron chi connectivity index (χ3n) is 3.45. The SMILES string of the molecule is CC(C)(C)OC(=O)NC1(CCN)CCCCCC1. The highest BCUT2D eigenvalue weighted by Crippen LogP contribution is 2.30. The molecule has 1 saturated carbocycles. The van der Waals surface area contributed by atoms with Crippen molar-refractivity contribution >= 4 is 6.09 Å². The lowest BCUT2D eigenvalue weighted by Gasteiger charge is -2.34. The Kier molecular flexibility index (Phi) is 5.45. The van der Waals surface area contributed by atoms with E-state index in [1.807, 2.05) is 20.8 Å². The summed E-state index contributed by atoms with van der Waals surface area (Å²) in [5, 5.41) is 3.09. The summed E-state index contributed by atoms with van der Waals surface area (Å²) < 4.78 is 5.36. The molecule has 0 spiro atoms. The Bertz CT molecular complexity index is 263. The van der Waals surface area contributed by atoms with Crippen LogP contribution in [0.4, 0.5) is 4.79 Å². The van der Waals surface area contributed by atoms with Gasteiger partial charge in [-0.05, 0) is 46.6 Å². The Balaban J connectivity index is 2.63. The van der Waals surface area contributed by atoms with Crippen LogP contribution < -0.4 is 11.1 Å². The molecule has 4 nitrogen and oxygen atoms in total. The minimum atomic E-state index is -0.446. The topological polar surface area (TPSA) is 64.3 Å². The minimum Gasteiger partial charge on any atom is -0.444 e. The summed E-state index contributed by atoms with van der Waals surface area (Å²) >= 11 is 0. The number of amides is 1. The third kappa shape index (κ3) is 5.25. The summed E-state index contributed by atoms with van der Waals surface area (Å²) in [6.45, 7) is 6.26. The first kappa shape index (κ1) is 15.3. The summed E-state index contributed by atoms with van der Waals surface area (Å²) in [5.74, 6) is 0. The van der Waals surface area contributed by atoms with Gasteiger partial charge in [-0.15, -0.1) is 0 Å². The molecular weight excluding hydrogens is 228 g/mol. The van der Waals surface area contributed by atoms with Gasteiger partial charge >= 0.3 is 6.09 Å². The Morgan fingerprint density at radius 3 is 2.22 bits per heavy atom. The Morgan fingerprint density at radius 1 is 1.22 bits per heavy atom. The first-order valence-electron chi connectivity index (χ1n) is 7.08. The molecule has 4 heteroatoms. The van der Waals surface area contributed by atoms with Gasteiger partial charge in [0.25, 0.3) is 0 Å². The van der Waals surface area contributed by atoms with E-state index in [0.29, 0.717) is 6.54 Å². The van der Waals surface area contributed by atoms with Gasteiger partial charge in [-0.3, -0.25) is 0 Å². The highest BCUT2D eigenvalue weighted by Gasteiger charge is 2.33. The number of carbonyl (C=O) groups is 1. The number of ether oxygens (including phenoxy) is 1. The Labute approximate surface area is 111 Å². The molecule has 1 fully saturated rings. The fourth-order valence-electron chi connectivity index (χ4n) is 2.64. The van der Waals surface area contributed by atoms with Crippen molar-refractivity contribution in [2.45, 2.75) is 76.9 Å². The standard InChI is InChI=1S/C14H28N2O2/c1-13(2,3)18-12(17)16-14(10-11-15)8-6-4-5-7-9-14/h4-11,15H2,1-3H3,(H,16,17). The lowest BCUT2D eigenvalue weighted by atomic mass is 9.87. The lowest BCUT2D eigenvalue weighted by molar-refractivity contribution is 0.0437. The second-order valence-electron chi connectivity index (χ2n) is 6.36. The van der Waals surface area contributed by atoms with Gasteiger partial charge < -0.3 is 15.8 Å². The molecule has 1 rings (SSSR count). The van der Waals surface area contributed by atoms with Crippen molar-refractivity contribution in [3.8, 4) is 0 Å². The van der Waals surface area contributed by atoms with Crippen molar-refractivity contribution < 1.29 is 9.53 Å². The molecule has 0 unspecified atom stereocenters. The van der Waals surface area contributed by atoms with Crippen LogP contribution in [0.2, 0.25) is 0 Å². The quantitative estimate of drug-likeness (QED) is 0.763. The zero-order chi connectivity index (χ0) is 13.6. The molecule has 1 aliphatic carbocycles. The molecule has 0 radical (unpaired) electrons. The zero-order valence-corrected chi connectivity index (χ0v) is 12.1. The Morgan fingerprint density at radius 2 is 1.78 bits per heavy atom. The molecule has 106 valence electrons. The molecule has 0 aromatic heterocycles. The maximum Gasteiger partial charge on any atom is 0.408 e. The number of nitrogens with one attached hydrogen (secondary N) is 1. The number of hydrogen-bond donors (Lipinski definition) is 2. The van der Waals surface area contributed by atoms with Gasteiger partial charge in [-0.1, -0.05) is 25.7 Å². The molecule has 0 heterocycles. The smallest absolute Gasteiger partial charge is 0.408 e. The van der Waals surface area contributed by atoms with Crippen molar-refractivity contribution in [1.29, 1.82) is 0 Å². The molecule has 3 N–H and O–H groups in total. The van der Waals surface area contributed by atoms with Gasteiger partial charge in [0, 0.05) is 5.54 Å². The summed E-state index contributed by atoms with van der Waals surface area (Å²) in [4.78, 5) is 11.9. The van der Waals surface area contributed by atoms with E-state index in [-0.39, 0.29) is 11.6 Å². The molecule has 0 bridgehead atoms. The second-order valence-corrected chi connectivity index (χ2v) is 6.36. The predicted molar refractivity (Wildman–Crippen MR) is 73.5 cm³/mol. The number of alkyl carbamates (subject to hydrolysis) is 1. The van der Waals surface area contributed by atoms with Gasteiger partial charge in [-0.2, -0.15) is 0 Å². The van der Waals surface area contributed by atoms with Gasteiger partial charge in [0.1, 0.15) is 5.60 Å². The molecule has 0 atom stereocenters. The van der Waals surface area contributed by atoms with E-state index in [1.54, 1.807) is 0 Å². The number of nitrogens with two attached hydrogens (primary N) is 1. The zero-order valence-electron chi connectivity index (χ0n) is 12.1. The largest absolute Gasteiger partial charge is 0.444 e. The maximum atomic E-state index is 11.9. The van der Waals surface area contributed by atoms with Crippen LogP contribution in [-0.2, 0) is 4.74 Å². The van der Waals surface area contributed by atoms with E-state index < -0.39 is 5.60 Å². The van der Waals surface area contributed by atoms with Crippen molar-refractivity contribution in [3.63, 3.8) is 0 Å². The van der Waals surface area contributed by atoms with Crippen LogP contribution in [0, 0.1) is 0 Å². The van der Waals surface area contributed by atoms with E-state index in [1.165, 1.54) is 12.8 Å². The van der Waals surface area contributed by atoms with Crippen LogP contribution in [0.5, 0.6) is 0 Å². The molecule has 18 heavy (non-hydrogen) atoms. The summed E-state index contributed by atoms with van der Waals surface area (Å²) in [7, 11) is 0. The number of hydrogen-bond acceptors (Lipinski definition) is 3. The van der Waals surface area contributed by atoms with E-state index in [2.05, 4.69) is 5.32 Å². The van der Waals surface area contributed by atoms with Crippen LogP contribution in [0.25, 0.3) is 0 Å². The minimum absolute atomic E-state index is 0.145. The van der Waals surface area contributed by atoms with Crippen LogP contribution in [0.15, 0.2) is 0 Å². The average Bonchev–Trinajstić information content (AvgIpc) is 2.41. The first-order valence-corrected chi connectivity index (χ1v) is 7.08. The number of carbonyl (C=O) groups excluding carboxylic acids is 1. The van der Waals surface area contributed by atoms with E-state index in [9.17, 15) is 4.79 Å². The van der Waals surface area contributed by atoms with Gasteiger partial charge in [-0.25, -0.2) is 4.79 Å². The molecule has 1 amide bonds. The summed E-state index contributed by atoms with van der Waals surface area (Å²) in [5.41, 5.74) is 5.12. The molecule has 0 saturated heterocycles. The highest BCUT2D eigenvalue weighted by molar-refractivity contribution is 5.68. The second kappa shape index (κ2) is 6.41. The third-order valence-corrected chi connectivity index (χ3v) is 3.45. The monoisotopic (exact) mass is 256 g/mol. The van der Waals surface area contributed by atoms with E-state index in [0.717, 1.165) is 32.1 Å². The van der Waals surface area contributed by atoms with E-state index in [4.69, 9.17) is 10.5 Å². The van der Waals surface area contributed by atoms with Gasteiger partial charge in [0.15, 0.2) is 0 Å². The van der Waals surface area contributed by atoms with Crippen molar-refractivity contribution in [1.82, 2.24) is 5.32 Å². The predicted octanol–water partition coefficient (Wildman–Crippen LogP) is 2.95. The average molecular weight is 256 g/mol. The summed E-state index contributed by atoms with van der Waals surface area (Å²) in [6.07, 6.45) is 7.40. The van der Waals surface area contributed by atoms with Crippen molar-refractivity contribution in [2.75, 3.05) is 6.54 Å². The van der Waals surface area contributed by atoms with E-state index >= 15 is 0 Å². The van der Waals surface area contributed by atoms with Crippen molar-refractivity contribution in [2.24, 2.45) is 5.73 Å². The Hall–Kier alpha value is -0.770. The van der Waals surface area contributed by atoms with Crippen LogP contribution in [0.1, 0.15) is 65.7 Å². The van der Waals surface area contributed by atoms with Crippen LogP contribution in [0.3, 0.4) is 0 Å². The first-order chi connectivity index (χ1) is 8.37. The molecule has 0 aromatic rings.